The number of H-pyrrole nitrogens is 1. The van der Waals surface area contributed by atoms with Gasteiger partial charge in [-0.15, -0.1) is 0 Å². The highest BCUT2D eigenvalue weighted by Gasteiger charge is 2.38. The van der Waals surface area contributed by atoms with Gasteiger partial charge in [0.1, 0.15) is 5.82 Å². The molecule has 1 N–H and O–H groups in total. The molecule has 3 aromatic rings. The second-order valence-electron chi connectivity index (χ2n) is 6.77. The predicted octanol–water partition coefficient (Wildman–Crippen LogP) is 5.67. The SMILES string of the molecule is C[C@@H]1Cc2c([nH]c3ccccc23)[C@@H](c2ccc(Br)cc2F)N1CC(F)F. The third-order valence-corrected chi connectivity index (χ3v) is 5.62. The number of nitrogens with zero attached hydrogens (tertiary/aromatic N) is 1. The molecule has 1 aliphatic heterocycles. The quantitative estimate of drug-likeness (QED) is 0.575. The number of para-hydroxylation sites is 1. The summed E-state index contributed by atoms with van der Waals surface area (Å²) in [6.07, 6.45) is -1.83. The fourth-order valence-corrected chi connectivity index (χ4v) is 4.34. The van der Waals surface area contributed by atoms with Gasteiger partial charge in [0.05, 0.1) is 12.6 Å². The Morgan fingerprint density at radius 1 is 1.23 bits per heavy atom. The van der Waals surface area contributed by atoms with Crippen LogP contribution in [0.4, 0.5) is 13.2 Å². The van der Waals surface area contributed by atoms with Crippen LogP contribution < -0.4 is 0 Å². The smallest absolute Gasteiger partial charge is 0.251 e. The summed E-state index contributed by atoms with van der Waals surface area (Å²) in [6.45, 7) is 1.53. The average molecular weight is 423 g/mol. The topological polar surface area (TPSA) is 19.0 Å². The molecular formula is C20H18BrF3N2. The lowest BCUT2D eigenvalue weighted by atomic mass is 9.88. The van der Waals surface area contributed by atoms with E-state index in [4.69, 9.17) is 0 Å². The lowest BCUT2D eigenvalue weighted by Crippen LogP contribution is -2.45. The Hall–Kier alpha value is -1.79. The zero-order chi connectivity index (χ0) is 18.4. The van der Waals surface area contributed by atoms with Crippen molar-refractivity contribution in [3.63, 3.8) is 0 Å². The summed E-state index contributed by atoms with van der Waals surface area (Å²) in [6, 6.07) is 12.0. The molecule has 0 fully saturated rings. The number of alkyl halides is 2. The van der Waals surface area contributed by atoms with Gasteiger partial charge in [-0.25, -0.2) is 13.2 Å². The third kappa shape index (κ3) is 2.95. The Bertz CT molecular complexity index is 953. The first kappa shape index (κ1) is 17.6. The number of aromatic nitrogens is 1. The van der Waals surface area contributed by atoms with Crippen molar-refractivity contribution < 1.29 is 13.2 Å². The van der Waals surface area contributed by atoms with E-state index in [1.165, 1.54) is 6.07 Å². The number of benzene rings is 2. The predicted molar refractivity (Wildman–Crippen MR) is 100 cm³/mol. The van der Waals surface area contributed by atoms with Gasteiger partial charge < -0.3 is 4.98 Å². The average Bonchev–Trinajstić information content (AvgIpc) is 2.94. The van der Waals surface area contributed by atoms with Gasteiger partial charge in [0.25, 0.3) is 6.43 Å². The van der Waals surface area contributed by atoms with Crippen molar-refractivity contribution in [1.82, 2.24) is 9.88 Å². The zero-order valence-electron chi connectivity index (χ0n) is 14.1. The maximum Gasteiger partial charge on any atom is 0.251 e. The van der Waals surface area contributed by atoms with Crippen LogP contribution in [0.15, 0.2) is 46.9 Å². The van der Waals surface area contributed by atoms with Crippen LogP contribution in [0.1, 0.15) is 29.8 Å². The molecule has 26 heavy (non-hydrogen) atoms. The summed E-state index contributed by atoms with van der Waals surface area (Å²) in [5.74, 6) is -0.401. The van der Waals surface area contributed by atoms with Crippen molar-refractivity contribution in [1.29, 1.82) is 0 Å². The van der Waals surface area contributed by atoms with Crippen molar-refractivity contribution in [2.24, 2.45) is 0 Å². The van der Waals surface area contributed by atoms with Crippen LogP contribution in [0.5, 0.6) is 0 Å². The molecule has 0 radical (unpaired) electrons. The molecule has 0 aliphatic carbocycles. The van der Waals surface area contributed by atoms with Crippen LogP contribution in [0.25, 0.3) is 10.9 Å². The zero-order valence-corrected chi connectivity index (χ0v) is 15.7. The molecule has 4 rings (SSSR count). The summed E-state index contributed by atoms with van der Waals surface area (Å²) >= 11 is 3.27. The number of halogens is 4. The maximum atomic E-state index is 14.8. The summed E-state index contributed by atoms with van der Waals surface area (Å²) < 4.78 is 41.9. The Kier molecular flexibility index (Phi) is 4.57. The van der Waals surface area contributed by atoms with Crippen LogP contribution in [-0.4, -0.2) is 28.9 Å². The first-order chi connectivity index (χ1) is 12.5. The highest BCUT2D eigenvalue weighted by atomic mass is 79.9. The Morgan fingerprint density at radius 2 is 2.00 bits per heavy atom. The van der Waals surface area contributed by atoms with Crippen LogP contribution in [0.2, 0.25) is 0 Å². The Morgan fingerprint density at radius 3 is 2.73 bits per heavy atom. The van der Waals surface area contributed by atoms with Crippen molar-refractivity contribution in [3.8, 4) is 0 Å². The van der Waals surface area contributed by atoms with Gasteiger partial charge in [-0.1, -0.05) is 40.2 Å². The lowest BCUT2D eigenvalue weighted by Gasteiger charge is -2.40. The van der Waals surface area contributed by atoms with Gasteiger partial charge >= 0.3 is 0 Å². The second-order valence-corrected chi connectivity index (χ2v) is 7.69. The summed E-state index contributed by atoms with van der Waals surface area (Å²) in [7, 11) is 0. The summed E-state index contributed by atoms with van der Waals surface area (Å²) in [4.78, 5) is 5.07. The van der Waals surface area contributed by atoms with Gasteiger partial charge in [0, 0.05) is 32.7 Å². The fourth-order valence-electron chi connectivity index (χ4n) is 4.01. The first-order valence-electron chi connectivity index (χ1n) is 8.54. The molecule has 6 heteroatoms. The van der Waals surface area contributed by atoms with E-state index in [-0.39, 0.29) is 6.04 Å². The number of aromatic amines is 1. The van der Waals surface area contributed by atoms with E-state index in [2.05, 4.69) is 20.9 Å². The molecule has 0 unspecified atom stereocenters. The number of rotatable bonds is 3. The van der Waals surface area contributed by atoms with Crippen molar-refractivity contribution in [3.05, 3.63) is 69.6 Å². The van der Waals surface area contributed by atoms with Crippen molar-refractivity contribution in [2.45, 2.75) is 31.9 Å². The van der Waals surface area contributed by atoms with Gasteiger partial charge in [0.15, 0.2) is 0 Å². The van der Waals surface area contributed by atoms with E-state index in [1.54, 1.807) is 17.0 Å². The largest absolute Gasteiger partial charge is 0.357 e. The number of fused-ring (bicyclic) bond motifs is 3. The van der Waals surface area contributed by atoms with Gasteiger partial charge in [0.2, 0.25) is 0 Å². The van der Waals surface area contributed by atoms with E-state index >= 15 is 0 Å². The summed E-state index contributed by atoms with van der Waals surface area (Å²) in [5.41, 5.74) is 3.26. The normalized spacial score (nSPS) is 20.7. The number of hydrogen-bond donors (Lipinski definition) is 1. The molecular weight excluding hydrogens is 405 g/mol. The minimum absolute atomic E-state index is 0.122. The van der Waals surface area contributed by atoms with Crippen LogP contribution in [-0.2, 0) is 6.42 Å². The Balaban J connectivity index is 1.93. The maximum absolute atomic E-state index is 14.8. The molecule has 0 amide bonds. The Labute approximate surface area is 158 Å². The van der Waals surface area contributed by atoms with Crippen LogP contribution in [0.3, 0.4) is 0 Å². The first-order valence-corrected chi connectivity index (χ1v) is 9.33. The molecule has 0 saturated heterocycles. The molecule has 1 aliphatic rings. The molecule has 2 aromatic carbocycles. The van der Waals surface area contributed by atoms with E-state index in [1.807, 2.05) is 31.2 Å². The van der Waals surface area contributed by atoms with E-state index in [0.717, 1.165) is 22.2 Å². The molecule has 136 valence electrons. The number of nitrogens with one attached hydrogen (secondary N) is 1. The van der Waals surface area contributed by atoms with E-state index < -0.39 is 24.8 Å². The molecule has 2 atom stereocenters. The molecule has 0 bridgehead atoms. The number of hydrogen-bond acceptors (Lipinski definition) is 1. The standard InChI is InChI=1S/C20H18BrF3N2/c1-11-8-15-13-4-2-3-5-17(13)25-19(15)20(26(11)10-18(23)24)14-7-6-12(21)9-16(14)22/h2-7,9,11,18,20,25H,8,10H2,1H3/t11-,20-/m1/s1. The van der Waals surface area contributed by atoms with E-state index in [9.17, 15) is 13.2 Å². The van der Waals surface area contributed by atoms with E-state index in [0.29, 0.717) is 16.5 Å². The summed E-state index contributed by atoms with van der Waals surface area (Å²) in [5, 5.41) is 1.08. The fraction of sp³-hybridized carbons (Fsp3) is 0.300. The van der Waals surface area contributed by atoms with Gasteiger partial charge in [-0.05, 0) is 37.1 Å². The van der Waals surface area contributed by atoms with Crippen molar-refractivity contribution in [2.75, 3.05) is 6.54 Å². The lowest BCUT2D eigenvalue weighted by molar-refractivity contribution is 0.0447. The van der Waals surface area contributed by atoms with Gasteiger partial charge in [-0.3, -0.25) is 4.90 Å². The molecule has 1 aromatic heterocycles. The van der Waals surface area contributed by atoms with Crippen molar-refractivity contribution >= 4 is 26.8 Å². The monoisotopic (exact) mass is 422 g/mol. The van der Waals surface area contributed by atoms with Gasteiger partial charge in [-0.2, -0.15) is 0 Å². The molecule has 0 spiro atoms. The highest BCUT2D eigenvalue weighted by molar-refractivity contribution is 9.10. The molecule has 0 saturated carbocycles. The minimum Gasteiger partial charge on any atom is -0.357 e. The van der Waals surface area contributed by atoms with Crippen LogP contribution >= 0.6 is 15.9 Å². The molecule has 2 nitrogen and oxygen atoms in total. The minimum atomic E-state index is -2.48. The third-order valence-electron chi connectivity index (χ3n) is 5.12. The van der Waals surface area contributed by atoms with Crippen LogP contribution in [0, 0.1) is 5.82 Å². The molecule has 2 heterocycles. The second kappa shape index (κ2) is 6.74. The highest BCUT2D eigenvalue weighted by Crippen LogP contribution is 2.42.